The van der Waals surface area contributed by atoms with E-state index >= 15 is 0 Å². The van der Waals surface area contributed by atoms with E-state index in [0.717, 1.165) is 13.1 Å². The van der Waals surface area contributed by atoms with Crippen LogP contribution in [0.15, 0.2) is 0 Å². The van der Waals surface area contributed by atoms with Crippen LogP contribution in [0.4, 0.5) is 0 Å². The van der Waals surface area contributed by atoms with Gasteiger partial charge in [0.2, 0.25) is 0 Å². The quantitative estimate of drug-likeness (QED) is 0.525. The maximum Gasteiger partial charge on any atom is 0.469 e. The minimum absolute atomic E-state index is 0.00268. The van der Waals surface area contributed by atoms with Crippen molar-refractivity contribution in [3.8, 4) is 0 Å². The number of piperazine rings is 1. The van der Waals surface area contributed by atoms with Crippen LogP contribution in [0, 0.1) is 0 Å². The van der Waals surface area contributed by atoms with E-state index in [1.807, 2.05) is 16.8 Å². The number of rotatable bonds is 5. The van der Waals surface area contributed by atoms with E-state index in [1.54, 1.807) is 0 Å². The second kappa shape index (κ2) is 6.07. The highest BCUT2D eigenvalue weighted by Gasteiger charge is 2.26. The molecule has 1 heterocycles. The number of hydrogen-bond donors (Lipinski definition) is 3. The Morgan fingerprint density at radius 2 is 2.12 bits per heavy atom. The largest absolute Gasteiger partial charge is 0.469 e. The highest BCUT2D eigenvalue weighted by molar-refractivity contribution is 7.46. The highest BCUT2D eigenvalue weighted by atomic mass is 31.2. The van der Waals surface area contributed by atoms with Crippen molar-refractivity contribution in [2.45, 2.75) is 6.04 Å². The predicted octanol–water partition coefficient (Wildman–Crippen LogP) is -1.30. The minimum Gasteiger partial charge on any atom is -0.395 e. The summed E-state index contributed by atoms with van der Waals surface area (Å²) in [4.78, 5) is 21.3. The van der Waals surface area contributed by atoms with Crippen LogP contribution in [0.2, 0.25) is 0 Å². The average molecular weight is 254 g/mol. The first-order valence-corrected chi connectivity index (χ1v) is 6.69. The fraction of sp³-hybridized carbons (Fsp3) is 1.00. The van der Waals surface area contributed by atoms with Crippen LogP contribution >= 0.6 is 7.82 Å². The van der Waals surface area contributed by atoms with Gasteiger partial charge in [0.15, 0.2) is 0 Å². The number of aliphatic hydroxyl groups is 1. The van der Waals surface area contributed by atoms with Crippen LogP contribution in [-0.2, 0) is 9.09 Å². The molecule has 0 amide bonds. The van der Waals surface area contributed by atoms with Crippen LogP contribution in [0.1, 0.15) is 0 Å². The van der Waals surface area contributed by atoms with Crippen molar-refractivity contribution in [3.05, 3.63) is 0 Å². The fourth-order valence-corrected chi connectivity index (χ4v) is 2.08. The molecule has 0 bridgehead atoms. The number of phosphoric acid groups is 1. The molecular weight excluding hydrogens is 235 g/mol. The van der Waals surface area contributed by atoms with Crippen molar-refractivity contribution in [2.24, 2.45) is 0 Å². The maximum atomic E-state index is 10.6. The zero-order valence-electron chi connectivity index (χ0n) is 9.32. The molecule has 1 aliphatic heterocycles. The van der Waals surface area contributed by atoms with E-state index in [4.69, 9.17) is 14.9 Å². The third kappa shape index (κ3) is 4.88. The Bertz CT molecular complexity index is 259. The summed E-state index contributed by atoms with van der Waals surface area (Å²) in [6, 6.07) is -0.0482. The second-order valence-corrected chi connectivity index (χ2v) is 5.18. The molecule has 1 fully saturated rings. The molecule has 1 saturated heterocycles. The third-order valence-corrected chi connectivity index (χ3v) is 3.20. The predicted molar refractivity (Wildman–Crippen MR) is 57.9 cm³/mol. The Hall–Kier alpha value is -0.0100. The van der Waals surface area contributed by atoms with Gasteiger partial charge in [-0.25, -0.2) is 4.57 Å². The van der Waals surface area contributed by atoms with E-state index < -0.39 is 7.82 Å². The first kappa shape index (κ1) is 14.1. The second-order valence-electron chi connectivity index (χ2n) is 3.94. The molecule has 16 heavy (non-hydrogen) atoms. The molecule has 0 aromatic carbocycles. The standard InChI is InChI=1S/C8H19N2O5P/c1-9-2-3-10(4-5-11)6-8(9)7-15-16(12,13)14/h8,11H,2-7H2,1H3,(H2,12,13,14). The Morgan fingerprint density at radius 1 is 1.44 bits per heavy atom. The summed E-state index contributed by atoms with van der Waals surface area (Å²) in [5, 5.41) is 8.82. The Morgan fingerprint density at radius 3 is 2.69 bits per heavy atom. The minimum atomic E-state index is -4.39. The molecule has 0 aromatic heterocycles. The van der Waals surface area contributed by atoms with Crippen molar-refractivity contribution in [1.82, 2.24) is 9.80 Å². The van der Waals surface area contributed by atoms with Crippen LogP contribution in [0.25, 0.3) is 0 Å². The van der Waals surface area contributed by atoms with E-state index in [9.17, 15) is 4.57 Å². The summed E-state index contributed by atoms with van der Waals surface area (Å²) in [5.74, 6) is 0. The Balaban J connectivity index is 2.40. The van der Waals surface area contributed by atoms with Crippen LogP contribution in [0.5, 0.6) is 0 Å². The lowest BCUT2D eigenvalue weighted by Gasteiger charge is -2.38. The monoisotopic (exact) mass is 254 g/mol. The van der Waals surface area contributed by atoms with Crippen molar-refractivity contribution < 1.29 is 24.0 Å². The van der Waals surface area contributed by atoms with Gasteiger partial charge in [-0.3, -0.25) is 14.3 Å². The SMILES string of the molecule is CN1CCN(CCO)CC1COP(=O)(O)O. The number of likely N-dealkylation sites (N-methyl/N-ethyl adjacent to an activating group) is 1. The molecule has 8 heteroatoms. The molecule has 0 saturated carbocycles. The first-order chi connectivity index (χ1) is 7.42. The molecule has 7 nitrogen and oxygen atoms in total. The number of hydrogen-bond acceptors (Lipinski definition) is 5. The van der Waals surface area contributed by atoms with Crippen LogP contribution < -0.4 is 0 Å². The highest BCUT2D eigenvalue weighted by Crippen LogP contribution is 2.36. The van der Waals surface area contributed by atoms with Crippen molar-refractivity contribution in [3.63, 3.8) is 0 Å². The lowest BCUT2D eigenvalue weighted by atomic mass is 10.2. The summed E-state index contributed by atoms with van der Waals surface area (Å²) < 4.78 is 15.1. The third-order valence-electron chi connectivity index (χ3n) is 2.71. The summed E-state index contributed by atoms with van der Waals surface area (Å²) in [7, 11) is -2.50. The van der Waals surface area contributed by atoms with Crippen molar-refractivity contribution in [2.75, 3.05) is 46.4 Å². The van der Waals surface area contributed by atoms with Gasteiger partial charge in [0.1, 0.15) is 0 Å². The lowest BCUT2D eigenvalue weighted by molar-refractivity contribution is 0.0468. The van der Waals surface area contributed by atoms with Gasteiger partial charge in [0, 0.05) is 32.2 Å². The number of β-amino-alcohol motifs (C(OH)–C–C–N with tert-alkyl or cyclic N) is 1. The summed E-state index contributed by atoms with van der Waals surface area (Å²) >= 11 is 0. The summed E-state index contributed by atoms with van der Waals surface area (Å²) in [6.45, 7) is 2.98. The van der Waals surface area contributed by atoms with E-state index in [2.05, 4.69) is 4.52 Å². The smallest absolute Gasteiger partial charge is 0.395 e. The van der Waals surface area contributed by atoms with Gasteiger partial charge in [-0.05, 0) is 7.05 Å². The van der Waals surface area contributed by atoms with Gasteiger partial charge in [-0.2, -0.15) is 0 Å². The molecule has 0 spiro atoms. The molecule has 3 N–H and O–H groups in total. The summed E-state index contributed by atoms with van der Waals surface area (Å²) in [6.07, 6.45) is 0. The maximum absolute atomic E-state index is 10.6. The van der Waals surface area contributed by atoms with Crippen molar-refractivity contribution in [1.29, 1.82) is 0 Å². The first-order valence-electron chi connectivity index (χ1n) is 5.16. The van der Waals surface area contributed by atoms with Crippen LogP contribution in [0.3, 0.4) is 0 Å². The van der Waals surface area contributed by atoms with E-state index in [1.165, 1.54) is 0 Å². The van der Waals surface area contributed by atoms with Gasteiger partial charge in [-0.15, -0.1) is 0 Å². The molecule has 96 valence electrons. The molecule has 1 atom stereocenters. The Kier molecular flexibility index (Phi) is 5.33. The number of phosphoric ester groups is 1. The Labute approximate surface area is 94.9 Å². The molecular formula is C8H19N2O5P. The molecule has 1 aliphatic rings. The zero-order valence-corrected chi connectivity index (χ0v) is 10.2. The topological polar surface area (TPSA) is 93.5 Å². The average Bonchev–Trinajstić information content (AvgIpc) is 2.18. The van der Waals surface area contributed by atoms with Gasteiger partial charge in [0.05, 0.1) is 13.2 Å². The normalized spacial score (nSPS) is 24.9. The number of nitrogens with zero attached hydrogens (tertiary/aromatic N) is 2. The lowest BCUT2D eigenvalue weighted by Crippen LogP contribution is -2.53. The van der Waals surface area contributed by atoms with Gasteiger partial charge in [0.25, 0.3) is 0 Å². The number of aliphatic hydroxyl groups excluding tert-OH is 1. The van der Waals surface area contributed by atoms with E-state index in [0.29, 0.717) is 13.1 Å². The molecule has 1 unspecified atom stereocenters. The van der Waals surface area contributed by atoms with E-state index in [-0.39, 0.29) is 19.3 Å². The molecule has 0 radical (unpaired) electrons. The molecule has 0 aromatic rings. The fourth-order valence-electron chi connectivity index (χ4n) is 1.72. The molecule has 1 rings (SSSR count). The van der Waals surface area contributed by atoms with Crippen LogP contribution in [-0.4, -0.2) is 77.2 Å². The van der Waals surface area contributed by atoms with Gasteiger partial charge < -0.3 is 14.9 Å². The van der Waals surface area contributed by atoms with Gasteiger partial charge >= 0.3 is 7.82 Å². The van der Waals surface area contributed by atoms with Gasteiger partial charge in [-0.1, -0.05) is 0 Å². The van der Waals surface area contributed by atoms with Crippen molar-refractivity contribution >= 4 is 7.82 Å². The zero-order chi connectivity index (χ0) is 12.2. The summed E-state index contributed by atoms with van der Waals surface area (Å²) in [5.41, 5.74) is 0. The molecule has 0 aliphatic carbocycles.